The van der Waals surface area contributed by atoms with Crippen molar-refractivity contribution in [3.8, 4) is 0 Å². The van der Waals surface area contributed by atoms with Crippen LogP contribution in [0.4, 0.5) is 0 Å². The van der Waals surface area contributed by atoms with Gasteiger partial charge in [0.1, 0.15) is 5.52 Å². The Morgan fingerprint density at radius 2 is 2.03 bits per heavy atom. The first-order valence-electron chi connectivity index (χ1n) is 10.1. The summed E-state index contributed by atoms with van der Waals surface area (Å²) in [4.78, 5) is 34.0. The van der Waals surface area contributed by atoms with Crippen LogP contribution in [-0.2, 0) is 23.1 Å². The third kappa shape index (κ3) is 3.33. The quantitative estimate of drug-likeness (QED) is 0.661. The van der Waals surface area contributed by atoms with Crippen LogP contribution < -0.4 is 0 Å². The first-order valence-corrected chi connectivity index (χ1v) is 10.1. The van der Waals surface area contributed by atoms with Crippen LogP contribution >= 0.6 is 0 Å². The van der Waals surface area contributed by atoms with E-state index in [1.54, 1.807) is 22.0 Å². The molecule has 30 heavy (non-hydrogen) atoms. The van der Waals surface area contributed by atoms with Crippen LogP contribution in [0.3, 0.4) is 0 Å². The fraction of sp³-hybridized carbons (Fsp3) is 0.364. The highest BCUT2D eigenvalue weighted by molar-refractivity contribution is 5.97. The van der Waals surface area contributed by atoms with Crippen LogP contribution in [0.5, 0.6) is 0 Å². The lowest BCUT2D eigenvalue weighted by Gasteiger charge is -2.29. The van der Waals surface area contributed by atoms with Crippen LogP contribution in [0.15, 0.2) is 48.8 Å². The van der Waals surface area contributed by atoms with Crippen LogP contribution in [0.2, 0.25) is 0 Å². The molecule has 0 bridgehead atoms. The average molecular weight is 405 g/mol. The van der Waals surface area contributed by atoms with E-state index in [0.29, 0.717) is 38.2 Å². The van der Waals surface area contributed by atoms with Gasteiger partial charge in [-0.2, -0.15) is 5.10 Å². The molecule has 2 saturated heterocycles. The monoisotopic (exact) mass is 405 g/mol. The van der Waals surface area contributed by atoms with Gasteiger partial charge in [-0.25, -0.2) is 0 Å². The summed E-state index contributed by atoms with van der Waals surface area (Å²) < 4.78 is 7.68. The first-order chi connectivity index (χ1) is 14.6. The van der Waals surface area contributed by atoms with E-state index >= 15 is 0 Å². The predicted molar refractivity (Wildman–Crippen MR) is 110 cm³/mol. The largest absolute Gasteiger partial charge is 0.374 e. The van der Waals surface area contributed by atoms with E-state index in [2.05, 4.69) is 10.1 Å². The second kappa shape index (κ2) is 7.53. The van der Waals surface area contributed by atoms with Crippen molar-refractivity contribution in [1.29, 1.82) is 0 Å². The van der Waals surface area contributed by atoms with Crippen molar-refractivity contribution in [1.82, 2.24) is 24.6 Å². The number of ether oxygens (including phenoxy) is 1. The molecule has 0 saturated carbocycles. The zero-order chi connectivity index (χ0) is 20.7. The number of hydrogen-bond acceptors (Lipinski definition) is 5. The molecule has 3 aromatic rings. The van der Waals surface area contributed by atoms with E-state index in [4.69, 9.17) is 4.74 Å². The van der Waals surface area contributed by atoms with Crippen molar-refractivity contribution in [2.75, 3.05) is 19.7 Å². The minimum absolute atomic E-state index is 0.0682. The number of likely N-dealkylation sites (tertiary alicyclic amines) is 1. The first kappa shape index (κ1) is 18.7. The summed E-state index contributed by atoms with van der Waals surface area (Å²) in [7, 11) is 1.83. The highest BCUT2D eigenvalue weighted by Crippen LogP contribution is 2.26. The molecule has 0 N–H and O–H groups in total. The zero-order valence-corrected chi connectivity index (χ0v) is 16.8. The molecule has 0 spiro atoms. The van der Waals surface area contributed by atoms with Gasteiger partial charge < -0.3 is 14.5 Å². The van der Waals surface area contributed by atoms with Crippen molar-refractivity contribution in [3.63, 3.8) is 0 Å². The zero-order valence-electron chi connectivity index (χ0n) is 16.8. The third-order valence-corrected chi connectivity index (χ3v) is 5.93. The molecule has 2 fully saturated rings. The van der Waals surface area contributed by atoms with E-state index in [9.17, 15) is 9.59 Å². The lowest BCUT2D eigenvalue weighted by atomic mass is 10.1. The number of fused-ring (bicyclic) bond motifs is 2. The fourth-order valence-electron chi connectivity index (χ4n) is 4.32. The van der Waals surface area contributed by atoms with E-state index in [0.717, 1.165) is 16.6 Å². The second-order valence-corrected chi connectivity index (χ2v) is 7.84. The van der Waals surface area contributed by atoms with Crippen LogP contribution in [-0.4, -0.2) is 68.2 Å². The highest BCUT2D eigenvalue weighted by Gasteiger charge is 2.43. The number of rotatable bonds is 3. The number of carbonyl (C=O) groups is 2. The van der Waals surface area contributed by atoms with Crippen molar-refractivity contribution >= 4 is 22.8 Å². The van der Waals surface area contributed by atoms with E-state index < -0.39 is 0 Å². The summed E-state index contributed by atoms with van der Waals surface area (Å²) in [5, 5.41) is 4.19. The molecular formula is C22H23N5O3. The Balaban J connectivity index is 1.39. The summed E-state index contributed by atoms with van der Waals surface area (Å²) in [6.07, 6.45) is 3.46. The van der Waals surface area contributed by atoms with Gasteiger partial charge in [-0.1, -0.05) is 30.3 Å². The van der Waals surface area contributed by atoms with Crippen LogP contribution in [0.1, 0.15) is 22.3 Å². The Hall–Kier alpha value is -3.26. The molecule has 8 heteroatoms. The average Bonchev–Trinajstić information content (AvgIpc) is 3.32. The lowest BCUT2D eigenvalue weighted by Crippen LogP contribution is -2.45. The normalized spacial score (nSPS) is 21.7. The van der Waals surface area contributed by atoms with Gasteiger partial charge in [0.05, 0.1) is 42.5 Å². The fourth-order valence-corrected chi connectivity index (χ4v) is 4.32. The van der Waals surface area contributed by atoms with Gasteiger partial charge in [-0.05, 0) is 11.6 Å². The molecule has 2 aromatic heterocycles. The molecule has 1 aromatic carbocycles. The van der Waals surface area contributed by atoms with Gasteiger partial charge in [0.2, 0.25) is 5.91 Å². The molecule has 2 amide bonds. The van der Waals surface area contributed by atoms with Gasteiger partial charge in [0.25, 0.3) is 5.91 Å². The number of aromatic nitrogens is 3. The Kier molecular flexibility index (Phi) is 4.71. The standard InChI is InChI=1S/C22H23N5O3/c1-25-18-9-16(10-23-17(18)11-24-25)22(29)26-13-19-20(14-26)30-8-7-21(28)27(19)12-15-5-3-2-4-6-15/h2-6,9-11,19-20H,7-8,12-14H2,1H3/t19-,20-/m0/s1. The minimum atomic E-state index is -0.183. The molecule has 0 aliphatic carbocycles. The SMILES string of the molecule is Cn1ncc2ncc(C(=O)N3C[C@@H]4OCCC(=O)N(Cc5ccccc5)[C@H]4C3)cc21. The maximum absolute atomic E-state index is 13.2. The maximum Gasteiger partial charge on any atom is 0.255 e. The number of carbonyl (C=O) groups excluding carboxylic acids is 2. The maximum atomic E-state index is 13.2. The van der Waals surface area contributed by atoms with Crippen molar-refractivity contribution in [3.05, 3.63) is 59.9 Å². The van der Waals surface area contributed by atoms with E-state index in [1.807, 2.05) is 48.3 Å². The van der Waals surface area contributed by atoms with E-state index in [-0.39, 0.29) is 24.0 Å². The van der Waals surface area contributed by atoms with Crippen molar-refractivity contribution < 1.29 is 14.3 Å². The molecule has 2 atom stereocenters. The summed E-state index contributed by atoms with van der Waals surface area (Å²) in [5.41, 5.74) is 3.15. The summed E-state index contributed by atoms with van der Waals surface area (Å²) >= 11 is 0. The number of pyridine rings is 1. The molecular weight excluding hydrogens is 382 g/mol. The number of amides is 2. The van der Waals surface area contributed by atoms with Gasteiger partial charge in [0.15, 0.2) is 0 Å². The number of benzene rings is 1. The van der Waals surface area contributed by atoms with Gasteiger partial charge in [-0.15, -0.1) is 0 Å². The smallest absolute Gasteiger partial charge is 0.255 e. The van der Waals surface area contributed by atoms with Crippen LogP contribution in [0.25, 0.3) is 11.0 Å². The lowest BCUT2D eigenvalue weighted by molar-refractivity contribution is -0.133. The number of aryl methyl sites for hydroxylation is 1. The Morgan fingerprint density at radius 1 is 1.20 bits per heavy atom. The number of hydrogen-bond donors (Lipinski definition) is 0. The van der Waals surface area contributed by atoms with Gasteiger partial charge in [-0.3, -0.25) is 19.3 Å². The third-order valence-electron chi connectivity index (χ3n) is 5.93. The van der Waals surface area contributed by atoms with Gasteiger partial charge in [0, 0.05) is 32.9 Å². The summed E-state index contributed by atoms with van der Waals surface area (Å²) in [5.74, 6) is -0.0343. The predicted octanol–water partition coefficient (Wildman–Crippen LogP) is 1.61. The number of nitrogens with zero attached hydrogens (tertiary/aromatic N) is 5. The van der Waals surface area contributed by atoms with Crippen molar-refractivity contribution in [2.24, 2.45) is 7.05 Å². The topological polar surface area (TPSA) is 80.6 Å². The molecule has 154 valence electrons. The van der Waals surface area contributed by atoms with E-state index in [1.165, 1.54) is 0 Å². The molecule has 2 aliphatic heterocycles. The van der Waals surface area contributed by atoms with Crippen molar-refractivity contribution in [2.45, 2.75) is 25.1 Å². The minimum Gasteiger partial charge on any atom is -0.374 e. The summed E-state index contributed by atoms with van der Waals surface area (Å²) in [6, 6.07) is 11.6. The molecule has 2 aliphatic rings. The highest BCUT2D eigenvalue weighted by atomic mass is 16.5. The molecule has 4 heterocycles. The second-order valence-electron chi connectivity index (χ2n) is 7.84. The molecule has 8 nitrogen and oxygen atoms in total. The summed E-state index contributed by atoms with van der Waals surface area (Å²) in [6.45, 7) is 1.82. The Morgan fingerprint density at radius 3 is 2.87 bits per heavy atom. The molecule has 0 radical (unpaired) electrons. The molecule has 5 rings (SSSR count). The van der Waals surface area contributed by atoms with Gasteiger partial charge >= 0.3 is 0 Å². The Labute approximate surface area is 174 Å². The molecule has 0 unspecified atom stereocenters. The van der Waals surface area contributed by atoms with Crippen LogP contribution in [0, 0.1) is 0 Å². The Bertz CT molecular complexity index is 1100.